The van der Waals surface area contributed by atoms with Gasteiger partial charge in [-0.2, -0.15) is 0 Å². The maximum atomic E-state index is 11.7. The maximum Gasteiger partial charge on any atom is 0.337 e. The molecule has 3 amide bonds. The van der Waals surface area contributed by atoms with Gasteiger partial charge >= 0.3 is 12.0 Å². The van der Waals surface area contributed by atoms with E-state index in [2.05, 4.69) is 16.0 Å². The van der Waals surface area contributed by atoms with Gasteiger partial charge < -0.3 is 21.1 Å². The number of anilines is 1. The van der Waals surface area contributed by atoms with Crippen molar-refractivity contribution < 1.29 is 19.5 Å². The van der Waals surface area contributed by atoms with E-state index in [0.717, 1.165) is 5.56 Å². The molecular weight excluding hydrogens is 274 g/mol. The third kappa shape index (κ3) is 4.79. The lowest BCUT2D eigenvalue weighted by Crippen LogP contribution is -2.39. The Bertz CT molecular complexity index is 570. The molecule has 0 bridgehead atoms. The summed E-state index contributed by atoms with van der Waals surface area (Å²) in [5.41, 5.74) is 1.67. The van der Waals surface area contributed by atoms with Crippen LogP contribution in [0.5, 0.6) is 0 Å². The number of carbonyl (C=O) groups is 3. The molecule has 114 valence electrons. The minimum absolute atomic E-state index is 0.0145. The Morgan fingerprint density at radius 1 is 1.14 bits per heavy atom. The minimum atomic E-state index is -1.12. The Kier molecular flexibility index (Phi) is 5.71. The molecule has 0 radical (unpaired) electrons. The van der Waals surface area contributed by atoms with Crippen molar-refractivity contribution in [1.82, 2.24) is 10.6 Å². The summed E-state index contributed by atoms with van der Waals surface area (Å²) in [6.07, 6.45) is 0. The first kappa shape index (κ1) is 16.5. The van der Waals surface area contributed by atoms with Gasteiger partial charge in [0, 0.05) is 6.54 Å². The third-order valence-electron chi connectivity index (χ3n) is 2.73. The van der Waals surface area contributed by atoms with Crippen LogP contribution in [-0.4, -0.2) is 36.1 Å². The van der Waals surface area contributed by atoms with Gasteiger partial charge in [-0.15, -0.1) is 0 Å². The molecule has 7 nitrogen and oxygen atoms in total. The highest BCUT2D eigenvalue weighted by Gasteiger charge is 2.15. The average Bonchev–Trinajstić information content (AvgIpc) is 2.39. The molecule has 0 saturated heterocycles. The van der Waals surface area contributed by atoms with Crippen molar-refractivity contribution >= 4 is 23.6 Å². The zero-order valence-electron chi connectivity index (χ0n) is 12.2. The Labute approximate surface area is 122 Å². The number of amides is 3. The van der Waals surface area contributed by atoms with E-state index in [1.807, 2.05) is 0 Å². The molecule has 21 heavy (non-hydrogen) atoms. The Balaban J connectivity index is 2.80. The van der Waals surface area contributed by atoms with Crippen LogP contribution in [0.1, 0.15) is 28.4 Å². The zero-order chi connectivity index (χ0) is 16.0. The second-order valence-electron chi connectivity index (χ2n) is 4.57. The highest BCUT2D eigenvalue weighted by Crippen LogP contribution is 2.22. The van der Waals surface area contributed by atoms with Crippen molar-refractivity contribution in [1.29, 1.82) is 0 Å². The van der Waals surface area contributed by atoms with Crippen molar-refractivity contribution in [2.75, 3.05) is 18.4 Å². The van der Waals surface area contributed by atoms with Crippen LogP contribution in [0.15, 0.2) is 12.1 Å². The van der Waals surface area contributed by atoms with Crippen LogP contribution in [-0.2, 0) is 4.79 Å². The molecule has 1 aromatic rings. The summed E-state index contributed by atoms with van der Waals surface area (Å²) in [6, 6.07) is 2.62. The molecule has 0 aliphatic heterocycles. The number of carboxylic acid groups (broad SMARTS) is 1. The van der Waals surface area contributed by atoms with Crippen molar-refractivity contribution in [3.05, 3.63) is 28.8 Å². The van der Waals surface area contributed by atoms with Crippen LogP contribution >= 0.6 is 0 Å². The van der Waals surface area contributed by atoms with Gasteiger partial charge in [0.05, 0.1) is 17.8 Å². The number of carboxylic acids is 1. The fourth-order valence-electron chi connectivity index (χ4n) is 1.88. The molecule has 0 spiro atoms. The molecule has 0 aromatic heterocycles. The van der Waals surface area contributed by atoms with E-state index < -0.39 is 12.0 Å². The standard InChI is InChI=1S/C14H19N3O4/c1-4-15-11(18)7-16-14(21)17-12-9(3)5-8(2)6-10(12)13(19)20/h5-6H,4,7H2,1-3H3,(H,15,18)(H,19,20)(H2,16,17,21). The minimum Gasteiger partial charge on any atom is -0.478 e. The normalized spacial score (nSPS) is 9.86. The van der Waals surface area contributed by atoms with Gasteiger partial charge in [-0.1, -0.05) is 6.07 Å². The predicted molar refractivity (Wildman–Crippen MR) is 78.6 cm³/mol. The van der Waals surface area contributed by atoms with E-state index in [-0.39, 0.29) is 23.7 Å². The number of urea groups is 1. The van der Waals surface area contributed by atoms with E-state index in [1.54, 1.807) is 26.8 Å². The van der Waals surface area contributed by atoms with E-state index in [9.17, 15) is 19.5 Å². The molecule has 0 fully saturated rings. The quantitative estimate of drug-likeness (QED) is 0.655. The number of hydrogen-bond donors (Lipinski definition) is 4. The van der Waals surface area contributed by atoms with Crippen LogP contribution < -0.4 is 16.0 Å². The van der Waals surface area contributed by atoms with Gasteiger partial charge in [0.1, 0.15) is 0 Å². The summed E-state index contributed by atoms with van der Waals surface area (Å²) in [7, 11) is 0. The van der Waals surface area contributed by atoms with Gasteiger partial charge in [0.15, 0.2) is 0 Å². The molecule has 4 N–H and O–H groups in total. The molecule has 0 unspecified atom stereocenters. The number of nitrogens with one attached hydrogen (secondary N) is 3. The third-order valence-corrected chi connectivity index (χ3v) is 2.73. The largest absolute Gasteiger partial charge is 0.478 e. The smallest absolute Gasteiger partial charge is 0.337 e. The van der Waals surface area contributed by atoms with E-state index in [1.165, 1.54) is 6.07 Å². The number of aromatic carboxylic acids is 1. The molecule has 0 aliphatic rings. The zero-order valence-corrected chi connectivity index (χ0v) is 12.2. The molecular formula is C14H19N3O4. The van der Waals surface area contributed by atoms with Gasteiger partial charge in [-0.25, -0.2) is 9.59 Å². The second-order valence-corrected chi connectivity index (χ2v) is 4.57. The number of likely N-dealkylation sites (N-methyl/N-ethyl adjacent to an activating group) is 1. The van der Waals surface area contributed by atoms with E-state index in [0.29, 0.717) is 12.1 Å². The molecule has 1 rings (SSSR count). The lowest BCUT2D eigenvalue weighted by Gasteiger charge is -2.13. The topological polar surface area (TPSA) is 108 Å². The molecule has 7 heteroatoms. The van der Waals surface area contributed by atoms with Crippen molar-refractivity contribution in [2.24, 2.45) is 0 Å². The number of rotatable bonds is 5. The first-order chi connectivity index (χ1) is 9.85. The summed E-state index contributed by atoms with van der Waals surface area (Å²) >= 11 is 0. The van der Waals surface area contributed by atoms with E-state index >= 15 is 0 Å². The fraction of sp³-hybridized carbons (Fsp3) is 0.357. The summed E-state index contributed by atoms with van der Waals surface area (Å²) in [6.45, 7) is 5.55. The first-order valence-corrected chi connectivity index (χ1v) is 6.51. The average molecular weight is 293 g/mol. The summed E-state index contributed by atoms with van der Waals surface area (Å²) in [5.74, 6) is -1.44. The highest BCUT2D eigenvalue weighted by atomic mass is 16.4. The second kappa shape index (κ2) is 7.28. The Hall–Kier alpha value is -2.57. The SMILES string of the molecule is CCNC(=O)CNC(=O)Nc1c(C)cc(C)cc1C(=O)O. The monoisotopic (exact) mass is 293 g/mol. The molecule has 1 aromatic carbocycles. The predicted octanol–water partition coefficient (Wildman–Crippen LogP) is 1.26. The molecule has 0 heterocycles. The van der Waals surface area contributed by atoms with Crippen LogP contribution in [0.3, 0.4) is 0 Å². The van der Waals surface area contributed by atoms with Crippen molar-refractivity contribution in [2.45, 2.75) is 20.8 Å². The summed E-state index contributed by atoms with van der Waals surface area (Å²) in [4.78, 5) is 34.2. The van der Waals surface area contributed by atoms with Crippen LogP contribution in [0.2, 0.25) is 0 Å². The maximum absolute atomic E-state index is 11.7. The summed E-state index contributed by atoms with van der Waals surface area (Å²) in [5, 5.41) is 16.6. The van der Waals surface area contributed by atoms with Gasteiger partial charge in [-0.3, -0.25) is 4.79 Å². The van der Waals surface area contributed by atoms with Gasteiger partial charge in [0.2, 0.25) is 5.91 Å². The van der Waals surface area contributed by atoms with Crippen LogP contribution in [0.25, 0.3) is 0 Å². The lowest BCUT2D eigenvalue weighted by molar-refractivity contribution is -0.119. The number of benzene rings is 1. The summed E-state index contributed by atoms with van der Waals surface area (Å²) < 4.78 is 0. The molecule has 0 atom stereocenters. The van der Waals surface area contributed by atoms with Crippen LogP contribution in [0.4, 0.5) is 10.5 Å². The number of hydrogen-bond acceptors (Lipinski definition) is 3. The molecule has 0 saturated carbocycles. The van der Waals surface area contributed by atoms with Gasteiger partial charge in [-0.05, 0) is 38.0 Å². The number of carbonyl (C=O) groups excluding carboxylic acids is 2. The Morgan fingerprint density at radius 3 is 2.38 bits per heavy atom. The molecule has 0 aliphatic carbocycles. The van der Waals surface area contributed by atoms with Crippen molar-refractivity contribution in [3.8, 4) is 0 Å². The lowest BCUT2D eigenvalue weighted by atomic mass is 10.0. The van der Waals surface area contributed by atoms with E-state index in [4.69, 9.17) is 0 Å². The van der Waals surface area contributed by atoms with Crippen LogP contribution in [0, 0.1) is 13.8 Å². The fourth-order valence-corrected chi connectivity index (χ4v) is 1.88. The van der Waals surface area contributed by atoms with Gasteiger partial charge in [0.25, 0.3) is 0 Å². The highest BCUT2D eigenvalue weighted by molar-refractivity contribution is 6.01. The van der Waals surface area contributed by atoms with Crippen molar-refractivity contribution in [3.63, 3.8) is 0 Å². The Morgan fingerprint density at radius 2 is 1.81 bits per heavy atom. The first-order valence-electron chi connectivity index (χ1n) is 6.51. The number of aryl methyl sites for hydroxylation is 2.